The van der Waals surface area contributed by atoms with E-state index in [0.29, 0.717) is 25.1 Å². The molecule has 1 aromatic rings. The summed E-state index contributed by atoms with van der Waals surface area (Å²) in [5.41, 5.74) is 6.02. The fraction of sp³-hybridized carbons (Fsp3) is 0.385. The Morgan fingerprint density at radius 3 is 2.47 bits per heavy atom. The molecule has 0 aliphatic carbocycles. The summed E-state index contributed by atoms with van der Waals surface area (Å²) in [7, 11) is 0. The van der Waals surface area contributed by atoms with Crippen LogP contribution in [-0.4, -0.2) is 24.4 Å². The Morgan fingerprint density at radius 2 is 1.89 bits per heavy atom. The third-order valence-corrected chi connectivity index (χ3v) is 2.42. The number of para-hydroxylation sites is 1. The summed E-state index contributed by atoms with van der Waals surface area (Å²) in [5, 5.41) is 5.35. The number of amides is 2. The number of hydrogen-bond donors (Lipinski definition) is 3. The molecule has 0 radical (unpaired) electrons. The molecule has 1 rings (SSSR count). The van der Waals surface area contributed by atoms with Gasteiger partial charge in [-0.25, -0.2) is 0 Å². The summed E-state index contributed by atoms with van der Waals surface area (Å²) in [6, 6.07) is 8.56. The number of rotatable bonds is 6. The van der Waals surface area contributed by atoms with Crippen molar-refractivity contribution >= 4 is 29.9 Å². The van der Waals surface area contributed by atoms with Gasteiger partial charge in [0.1, 0.15) is 6.04 Å². The fourth-order valence-corrected chi connectivity index (χ4v) is 1.41. The molecule has 0 saturated carbocycles. The van der Waals surface area contributed by atoms with Gasteiger partial charge in [-0.2, -0.15) is 0 Å². The van der Waals surface area contributed by atoms with Crippen molar-refractivity contribution in [3.05, 3.63) is 30.3 Å². The maximum absolute atomic E-state index is 11.8. The van der Waals surface area contributed by atoms with Gasteiger partial charge in [-0.05, 0) is 32.0 Å². The molecule has 1 unspecified atom stereocenters. The van der Waals surface area contributed by atoms with Crippen LogP contribution in [0.5, 0.6) is 0 Å². The number of nitrogens with two attached hydrogens (primary N) is 1. The van der Waals surface area contributed by atoms with Crippen LogP contribution >= 0.6 is 12.4 Å². The average molecular weight is 286 g/mol. The highest BCUT2D eigenvalue weighted by Gasteiger charge is 2.14. The average Bonchev–Trinajstić information content (AvgIpc) is 2.37. The molecule has 0 aliphatic heterocycles. The number of anilines is 1. The zero-order valence-electron chi connectivity index (χ0n) is 10.9. The lowest BCUT2D eigenvalue weighted by molar-refractivity contribution is -0.126. The third kappa shape index (κ3) is 6.79. The second-order valence-corrected chi connectivity index (χ2v) is 4.04. The van der Waals surface area contributed by atoms with Gasteiger partial charge in [0, 0.05) is 12.1 Å². The lowest BCUT2D eigenvalue weighted by atomic mass is 10.2. The van der Waals surface area contributed by atoms with Crippen molar-refractivity contribution in [3.63, 3.8) is 0 Å². The summed E-state index contributed by atoms with van der Waals surface area (Å²) in [4.78, 5) is 23.2. The zero-order chi connectivity index (χ0) is 13.4. The molecule has 4 N–H and O–H groups in total. The summed E-state index contributed by atoms with van der Waals surface area (Å²) in [5.74, 6) is -0.390. The lowest BCUT2D eigenvalue weighted by Crippen LogP contribution is -2.41. The number of benzene rings is 1. The Kier molecular flexibility index (Phi) is 8.57. The van der Waals surface area contributed by atoms with E-state index in [4.69, 9.17) is 5.73 Å². The number of hydrogen-bond acceptors (Lipinski definition) is 3. The highest BCUT2D eigenvalue weighted by Crippen LogP contribution is 2.05. The van der Waals surface area contributed by atoms with Gasteiger partial charge in [0.25, 0.3) is 0 Å². The maximum Gasteiger partial charge on any atom is 0.246 e. The molecule has 19 heavy (non-hydrogen) atoms. The molecule has 0 fully saturated rings. The number of halogens is 1. The Hall–Kier alpha value is -1.59. The second kappa shape index (κ2) is 9.35. The smallest absolute Gasteiger partial charge is 0.246 e. The molecule has 0 heterocycles. The van der Waals surface area contributed by atoms with Crippen LogP contribution in [0.25, 0.3) is 0 Å². The summed E-state index contributed by atoms with van der Waals surface area (Å²) in [6.45, 7) is 2.12. The van der Waals surface area contributed by atoms with Gasteiger partial charge in [-0.15, -0.1) is 12.4 Å². The van der Waals surface area contributed by atoms with Crippen molar-refractivity contribution in [1.29, 1.82) is 0 Å². The Bertz CT molecular complexity index is 398. The molecular weight excluding hydrogens is 266 g/mol. The van der Waals surface area contributed by atoms with E-state index < -0.39 is 6.04 Å². The van der Waals surface area contributed by atoms with Gasteiger partial charge < -0.3 is 16.4 Å². The molecule has 6 heteroatoms. The highest BCUT2D eigenvalue weighted by molar-refractivity contribution is 5.96. The van der Waals surface area contributed by atoms with Crippen LogP contribution in [0.2, 0.25) is 0 Å². The van der Waals surface area contributed by atoms with Gasteiger partial charge in [0.2, 0.25) is 11.8 Å². The highest BCUT2D eigenvalue weighted by atomic mass is 35.5. The Morgan fingerprint density at radius 1 is 1.26 bits per heavy atom. The predicted molar refractivity (Wildman–Crippen MR) is 78.2 cm³/mol. The third-order valence-electron chi connectivity index (χ3n) is 2.42. The summed E-state index contributed by atoms with van der Waals surface area (Å²) >= 11 is 0. The van der Waals surface area contributed by atoms with Crippen LogP contribution in [0.4, 0.5) is 5.69 Å². The van der Waals surface area contributed by atoms with Crippen LogP contribution in [0, 0.1) is 0 Å². The quantitative estimate of drug-likeness (QED) is 0.736. The van der Waals surface area contributed by atoms with Gasteiger partial charge in [0.15, 0.2) is 0 Å². The standard InChI is InChI=1S/C13H19N3O2.ClH/c1-10(15-12(17)8-5-9-14)13(18)16-11-6-3-2-4-7-11;/h2-4,6-7,10H,5,8-9,14H2,1H3,(H,15,17)(H,16,18);1H. The molecule has 1 atom stereocenters. The van der Waals surface area contributed by atoms with E-state index in [2.05, 4.69) is 10.6 Å². The predicted octanol–water partition coefficient (Wildman–Crippen LogP) is 1.29. The number of carbonyl (C=O) groups is 2. The van der Waals surface area contributed by atoms with Gasteiger partial charge in [-0.3, -0.25) is 9.59 Å². The Balaban J connectivity index is 0.00000324. The first-order valence-corrected chi connectivity index (χ1v) is 5.99. The molecule has 0 aliphatic rings. The molecule has 0 bridgehead atoms. The zero-order valence-corrected chi connectivity index (χ0v) is 11.7. The molecular formula is C13H20ClN3O2. The van der Waals surface area contributed by atoms with Crippen molar-refractivity contribution in [3.8, 4) is 0 Å². The first kappa shape index (κ1) is 17.4. The van der Waals surface area contributed by atoms with Crippen molar-refractivity contribution < 1.29 is 9.59 Å². The monoisotopic (exact) mass is 285 g/mol. The summed E-state index contributed by atoms with van der Waals surface area (Å²) in [6.07, 6.45) is 0.971. The van der Waals surface area contributed by atoms with Crippen LogP contribution in [-0.2, 0) is 9.59 Å². The minimum Gasteiger partial charge on any atom is -0.345 e. The van der Waals surface area contributed by atoms with Crippen LogP contribution in [0.1, 0.15) is 19.8 Å². The second-order valence-electron chi connectivity index (χ2n) is 4.04. The van der Waals surface area contributed by atoms with E-state index in [1.807, 2.05) is 18.2 Å². The molecule has 2 amide bonds. The lowest BCUT2D eigenvalue weighted by Gasteiger charge is -2.14. The van der Waals surface area contributed by atoms with E-state index in [0.717, 1.165) is 0 Å². The van der Waals surface area contributed by atoms with Gasteiger partial charge in [-0.1, -0.05) is 18.2 Å². The van der Waals surface area contributed by atoms with Crippen molar-refractivity contribution in [2.75, 3.05) is 11.9 Å². The minimum atomic E-state index is -0.560. The fourth-order valence-electron chi connectivity index (χ4n) is 1.41. The first-order valence-electron chi connectivity index (χ1n) is 5.99. The molecule has 106 valence electrons. The molecule has 0 spiro atoms. The normalized spacial score (nSPS) is 11.1. The van der Waals surface area contributed by atoms with Crippen molar-refractivity contribution in [2.45, 2.75) is 25.8 Å². The minimum absolute atomic E-state index is 0. The van der Waals surface area contributed by atoms with E-state index in [1.165, 1.54) is 0 Å². The molecule has 0 aromatic heterocycles. The van der Waals surface area contributed by atoms with Gasteiger partial charge >= 0.3 is 0 Å². The van der Waals surface area contributed by atoms with Crippen LogP contribution in [0.3, 0.4) is 0 Å². The molecule has 0 saturated heterocycles. The molecule has 5 nitrogen and oxygen atoms in total. The van der Waals surface area contributed by atoms with E-state index in [9.17, 15) is 9.59 Å². The molecule has 1 aromatic carbocycles. The summed E-state index contributed by atoms with van der Waals surface area (Å²) < 4.78 is 0. The van der Waals surface area contributed by atoms with Crippen LogP contribution in [0.15, 0.2) is 30.3 Å². The number of nitrogens with one attached hydrogen (secondary N) is 2. The van der Waals surface area contributed by atoms with E-state index >= 15 is 0 Å². The SMILES string of the molecule is CC(NC(=O)CCCN)C(=O)Nc1ccccc1.Cl. The van der Waals surface area contributed by atoms with Crippen molar-refractivity contribution in [2.24, 2.45) is 5.73 Å². The maximum atomic E-state index is 11.8. The Labute approximate surface area is 119 Å². The topological polar surface area (TPSA) is 84.2 Å². The van der Waals surface area contributed by atoms with Gasteiger partial charge in [0.05, 0.1) is 0 Å². The van der Waals surface area contributed by atoms with E-state index in [1.54, 1.807) is 19.1 Å². The largest absolute Gasteiger partial charge is 0.345 e. The number of carbonyl (C=O) groups excluding carboxylic acids is 2. The van der Waals surface area contributed by atoms with Crippen molar-refractivity contribution in [1.82, 2.24) is 5.32 Å². The van der Waals surface area contributed by atoms with Crippen LogP contribution < -0.4 is 16.4 Å². The van der Waals surface area contributed by atoms with E-state index in [-0.39, 0.29) is 24.2 Å². The first-order chi connectivity index (χ1) is 8.63.